The third-order valence-electron chi connectivity index (χ3n) is 2.67. The van der Waals surface area contributed by atoms with Crippen molar-refractivity contribution >= 4 is 11.8 Å². The summed E-state index contributed by atoms with van der Waals surface area (Å²) in [4.78, 5) is 13.5. The van der Waals surface area contributed by atoms with Gasteiger partial charge in [0.05, 0.1) is 12.3 Å². The van der Waals surface area contributed by atoms with Crippen molar-refractivity contribution in [1.82, 2.24) is 10.2 Å². The first-order chi connectivity index (χ1) is 8.20. The topological polar surface area (TPSA) is 55.3 Å². The van der Waals surface area contributed by atoms with E-state index < -0.39 is 0 Å². The van der Waals surface area contributed by atoms with E-state index in [-0.39, 0.29) is 12.5 Å². The predicted octanol–water partition coefficient (Wildman–Crippen LogP) is 1.32. The van der Waals surface area contributed by atoms with Gasteiger partial charge in [-0.15, -0.1) is 5.10 Å². The molecule has 0 amide bonds. The van der Waals surface area contributed by atoms with E-state index in [9.17, 15) is 4.79 Å². The first-order valence-corrected chi connectivity index (χ1v) is 5.93. The fourth-order valence-corrected chi connectivity index (χ4v) is 1.67. The Kier molecular flexibility index (Phi) is 3.56. The molecular formula is C12H17N3O2. The van der Waals surface area contributed by atoms with Crippen molar-refractivity contribution in [3.05, 3.63) is 17.8 Å². The van der Waals surface area contributed by atoms with Crippen LogP contribution in [0.25, 0.3) is 0 Å². The molecule has 0 radical (unpaired) electrons. The van der Waals surface area contributed by atoms with E-state index in [1.807, 2.05) is 30.9 Å². The zero-order valence-electron chi connectivity index (χ0n) is 10.2. The third-order valence-corrected chi connectivity index (χ3v) is 2.67. The Morgan fingerprint density at radius 3 is 2.76 bits per heavy atom. The van der Waals surface area contributed by atoms with Gasteiger partial charge in [0.1, 0.15) is 6.54 Å². The average Bonchev–Trinajstić information content (AvgIpc) is 3.12. The molecule has 17 heavy (non-hydrogen) atoms. The van der Waals surface area contributed by atoms with E-state index in [0.29, 0.717) is 12.6 Å². The lowest BCUT2D eigenvalue weighted by molar-refractivity contribution is -0.141. The van der Waals surface area contributed by atoms with Gasteiger partial charge >= 0.3 is 5.97 Å². The molecule has 1 aromatic rings. The summed E-state index contributed by atoms with van der Waals surface area (Å²) in [7, 11) is 0. The van der Waals surface area contributed by atoms with E-state index in [0.717, 1.165) is 24.4 Å². The Morgan fingerprint density at radius 1 is 1.47 bits per heavy atom. The van der Waals surface area contributed by atoms with Crippen molar-refractivity contribution in [2.75, 3.05) is 18.1 Å². The molecule has 0 unspecified atom stereocenters. The number of hydrogen-bond donors (Lipinski definition) is 0. The highest BCUT2D eigenvalue weighted by molar-refractivity contribution is 5.75. The van der Waals surface area contributed by atoms with Crippen molar-refractivity contribution in [2.24, 2.45) is 0 Å². The molecule has 1 aliphatic carbocycles. The molecule has 0 atom stereocenters. The van der Waals surface area contributed by atoms with Gasteiger partial charge in [0.25, 0.3) is 0 Å². The van der Waals surface area contributed by atoms with Crippen LogP contribution in [-0.2, 0) is 9.53 Å². The fraction of sp³-hybridized carbons (Fsp3) is 0.583. The molecule has 0 bridgehead atoms. The number of aryl methyl sites for hydroxylation is 1. The number of esters is 1. The van der Waals surface area contributed by atoms with Crippen LogP contribution >= 0.6 is 0 Å². The van der Waals surface area contributed by atoms with E-state index in [1.165, 1.54) is 0 Å². The summed E-state index contributed by atoms with van der Waals surface area (Å²) in [6, 6.07) is 4.22. The van der Waals surface area contributed by atoms with Gasteiger partial charge in [-0.05, 0) is 38.8 Å². The quantitative estimate of drug-likeness (QED) is 0.720. The lowest BCUT2D eigenvalue weighted by atomic mass is 10.3. The fourth-order valence-electron chi connectivity index (χ4n) is 1.67. The van der Waals surface area contributed by atoms with Crippen LogP contribution in [0.3, 0.4) is 0 Å². The third kappa shape index (κ3) is 3.15. The molecule has 92 valence electrons. The molecular weight excluding hydrogens is 218 g/mol. The Morgan fingerprint density at radius 2 is 2.24 bits per heavy atom. The molecule has 0 saturated heterocycles. The van der Waals surface area contributed by atoms with Gasteiger partial charge in [-0.1, -0.05) is 0 Å². The Labute approximate surface area is 101 Å². The van der Waals surface area contributed by atoms with Gasteiger partial charge in [-0.3, -0.25) is 4.79 Å². The molecule has 5 nitrogen and oxygen atoms in total. The van der Waals surface area contributed by atoms with Gasteiger partial charge < -0.3 is 9.64 Å². The number of rotatable bonds is 5. The van der Waals surface area contributed by atoms with Crippen LogP contribution in [-0.4, -0.2) is 35.4 Å². The standard InChI is InChI=1S/C12H17N3O2/c1-3-17-12(16)8-15(10-5-6-10)11-7-4-9(2)13-14-11/h4,7,10H,3,5-6,8H2,1-2H3. The Hall–Kier alpha value is -1.65. The van der Waals surface area contributed by atoms with E-state index in [1.54, 1.807) is 0 Å². The summed E-state index contributed by atoms with van der Waals surface area (Å²) in [5, 5.41) is 8.14. The molecule has 0 aliphatic heterocycles. The van der Waals surface area contributed by atoms with Crippen molar-refractivity contribution in [3.63, 3.8) is 0 Å². The van der Waals surface area contributed by atoms with Crippen LogP contribution in [0.15, 0.2) is 12.1 Å². The maximum atomic E-state index is 11.5. The number of carbonyl (C=O) groups excluding carboxylic acids is 1. The highest BCUT2D eigenvalue weighted by Gasteiger charge is 2.31. The zero-order valence-corrected chi connectivity index (χ0v) is 10.2. The van der Waals surface area contributed by atoms with Gasteiger partial charge in [0, 0.05) is 6.04 Å². The molecule has 1 saturated carbocycles. The number of aromatic nitrogens is 2. The molecule has 0 aromatic carbocycles. The minimum absolute atomic E-state index is 0.207. The Bertz CT molecular complexity index is 387. The maximum Gasteiger partial charge on any atom is 0.325 e. The van der Waals surface area contributed by atoms with E-state index in [2.05, 4.69) is 10.2 Å². The second-order valence-corrected chi connectivity index (χ2v) is 4.20. The normalized spacial score (nSPS) is 14.5. The van der Waals surface area contributed by atoms with Crippen molar-refractivity contribution in [1.29, 1.82) is 0 Å². The highest BCUT2D eigenvalue weighted by atomic mass is 16.5. The number of carbonyl (C=O) groups is 1. The first kappa shape index (κ1) is 11.8. The molecule has 1 aromatic heterocycles. The molecule has 0 spiro atoms. The molecule has 1 heterocycles. The second-order valence-electron chi connectivity index (χ2n) is 4.20. The smallest absolute Gasteiger partial charge is 0.325 e. The SMILES string of the molecule is CCOC(=O)CN(c1ccc(C)nn1)C1CC1. The number of hydrogen-bond acceptors (Lipinski definition) is 5. The van der Waals surface area contributed by atoms with E-state index in [4.69, 9.17) is 4.74 Å². The monoisotopic (exact) mass is 235 g/mol. The van der Waals surface area contributed by atoms with Gasteiger partial charge in [0.15, 0.2) is 5.82 Å². The summed E-state index contributed by atoms with van der Waals surface area (Å²) in [5.74, 6) is 0.549. The van der Waals surface area contributed by atoms with Crippen LogP contribution < -0.4 is 4.90 Å². The largest absolute Gasteiger partial charge is 0.465 e. The average molecular weight is 235 g/mol. The minimum atomic E-state index is -0.207. The minimum Gasteiger partial charge on any atom is -0.465 e. The molecule has 1 fully saturated rings. The van der Waals surface area contributed by atoms with Crippen LogP contribution in [0, 0.1) is 6.92 Å². The number of ether oxygens (including phenoxy) is 1. The zero-order chi connectivity index (χ0) is 12.3. The van der Waals surface area contributed by atoms with Gasteiger partial charge in [-0.2, -0.15) is 5.10 Å². The first-order valence-electron chi connectivity index (χ1n) is 5.93. The van der Waals surface area contributed by atoms with E-state index >= 15 is 0 Å². The molecule has 1 aliphatic rings. The van der Waals surface area contributed by atoms with Gasteiger partial charge in [-0.25, -0.2) is 0 Å². The van der Waals surface area contributed by atoms with Gasteiger partial charge in [0.2, 0.25) is 0 Å². The summed E-state index contributed by atoms with van der Waals surface area (Å²) in [6.45, 7) is 4.38. The van der Waals surface area contributed by atoms with Crippen molar-refractivity contribution < 1.29 is 9.53 Å². The molecule has 5 heteroatoms. The highest BCUT2D eigenvalue weighted by Crippen LogP contribution is 2.30. The van der Waals surface area contributed by atoms with Crippen LogP contribution in [0.5, 0.6) is 0 Å². The molecule has 2 rings (SSSR count). The summed E-state index contributed by atoms with van der Waals surface area (Å²) >= 11 is 0. The Balaban J connectivity index is 2.06. The summed E-state index contributed by atoms with van der Waals surface area (Å²) in [6.07, 6.45) is 2.21. The lowest BCUT2D eigenvalue weighted by Crippen LogP contribution is -2.33. The lowest BCUT2D eigenvalue weighted by Gasteiger charge is -2.21. The predicted molar refractivity (Wildman–Crippen MR) is 63.8 cm³/mol. The van der Waals surface area contributed by atoms with Crippen molar-refractivity contribution in [3.8, 4) is 0 Å². The maximum absolute atomic E-state index is 11.5. The summed E-state index contributed by atoms with van der Waals surface area (Å²) in [5.41, 5.74) is 0.876. The van der Waals surface area contributed by atoms with Crippen LogP contribution in [0.4, 0.5) is 5.82 Å². The van der Waals surface area contributed by atoms with Crippen molar-refractivity contribution in [2.45, 2.75) is 32.7 Å². The number of nitrogens with zero attached hydrogens (tertiary/aromatic N) is 3. The number of anilines is 1. The summed E-state index contributed by atoms with van der Waals surface area (Å²) < 4.78 is 4.97. The molecule has 0 N–H and O–H groups in total. The van der Waals surface area contributed by atoms with Crippen LogP contribution in [0.2, 0.25) is 0 Å². The van der Waals surface area contributed by atoms with Crippen LogP contribution in [0.1, 0.15) is 25.5 Å². The second kappa shape index (κ2) is 5.12.